The highest BCUT2D eigenvalue weighted by Gasteiger charge is 2.10. The third-order valence-electron chi connectivity index (χ3n) is 2.98. The third kappa shape index (κ3) is 5.09. The molecule has 0 aliphatic rings. The maximum absolute atomic E-state index is 5.98. The van der Waals surface area contributed by atoms with Gasteiger partial charge in [-0.25, -0.2) is 0 Å². The lowest BCUT2D eigenvalue weighted by molar-refractivity contribution is 0.266. The van der Waals surface area contributed by atoms with Gasteiger partial charge in [0.2, 0.25) is 0 Å². The van der Waals surface area contributed by atoms with Gasteiger partial charge in [-0.05, 0) is 37.8 Å². The van der Waals surface area contributed by atoms with E-state index in [4.69, 9.17) is 4.74 Å². The molecule has 0 aliphatic heterocycles. The van der Waals surface area contributed by atoms with Crippen LogP contribution in [0.5, 0.6) is 5.75 Å². The topological polar surface area (TPSA) is 21.3 Å². The molecule has 0 saturated carbocycles. The van der Waals surface area contributed by atoms with E-state index in [1.165, 1.54) is 17.5 Å². The molecule has 0 atom stereocenters. The lowest BCUT2D eigenvalue weighted by Gasteiger charge is -2.19. The van der Waals surface area contributed by atoms with Crippen LogP contribution >= 0.6 is 0 Å². The van der Waals surface area contributed by atoms with Crippen LogP contribution in [0.1, 0.15) is 44.7 Å². The van der Waals surface area contributed by atoms with Gasteiger partial charge in [-0.15, -0.1) is 0 Å². The fraction of sp³-hybridized carbons (Fsp3) is 0.625. The Hall–Kier alpha value is -1.02. The first-order valence-corrected chi connectivity index (χ1v) is 6.80. The largest absolute Gasteiger partial charge is 0.493 e. The summed E-state index contributed by atoms with van der Waals surface area (Å²) in [7, 11) is 1.96. The van der Waals surface area contributed by atoms with Gasteiger partial charge in [0.05, 0.1) is 6.61 Å². The summed E-state index contributed by atoms with van der Waals surface area (Å²) in [6.45, 7) is 10.6. The number of hydrogen-bond acceptors (Lipinski definition) is 2. The van der Waals surface area contributed by atoms with E-state index in [2.05, 4.69) is 51.2 Å². The van der Waals surface area contributed by atoms with Crippen molar-refractivity contribution in [2.75, 3.05) is 13.7 Å². The molecule has 1 aromatic rings. The molecule has 0 saturated heterocycles. The van der Waals surface area contributed by atoms with Crippen LogP contribution in [0.2, 0.25) is 0 Å². The fourth-order valence-electron chi connectivity index (χ4n) is 2.03. The highest BCUT2D eigenvalue weighted by Crippen LogP contribution is 2.25. The van der Waals surface area contributed by atoms with E-state index >= 15 is 0 Å². The minimum Gasteiger partial charge on any atom is -0.493 e. The van der Waals surface area contributed by atoms with Crippen LogP contribution in [0, 0.1) is 12.3 Å². The monoisotopic (exact) mass is 249 g/mol. The Bertz CT molecular complexity index is 366. The van der Waals surface area contributed by atoms with Crippen molar-refractivity contribution in [2.45, 2.75) is 47.1 Å². The van der Waals surface area contributed by atoms with E-state index in [0.717, 1.165) is 25.3 Å². The Morgan fingerprint density at radius 1 is 1.22 bits per heavy atom. The summed E-state index contributed by atoms with van der Waals surface area (Å²) in [5.41, 5.74) is 2.86. The molecule has 0 aromatic heterocycles. The molecule has 18 heavy (non-hydrogen) atoms. The molecule has 1 rings (SSSR count). The quantitative estimate of drug-likeness (QED) is 0.772. The van der Waals surface area contributed by atoms with E-state index < -0.39 is 0 Å². The standard InChI is InChI=1S/C16H27NO/c1-13-8-6-9-14(12-17-5)15(13)18-11-7-10-16(2,3)4/h6,8-9,17H,7,10-12H2,1-5H3. The minimum absolute atomic E-state index is 0.392. The fourth-order valence-corrected chi connectivity index (χ4v) is 2.03. The molecule has 2 nitrogen and oxygen atoms in total. The molecule has 0 heterocycles. The zero-order chi connectivity index (χ0) is 13.6. The lowest BCUT2D eigenvalue weighted by atomic mass is 9.91. The molecule has 0 radical (unpaired) electrons. The Morgan fingerprint density at radius 3 is 2.56 bits per heavy atom. The number of nitrogens with one attached hydrogen (secondary N) is 1. The van der Waals surface area contributed by atoms with Gasteiger partial charge in [0.1, 0.15) is 5.75 Å². The number of hydrogen-bond donors (Lipinski definition) is 1. The molecule has 0 spiro atoms. The van der Waals surface area contributed by atoms with Crippen LogP contribution in [0.25, 0.3) is 0 Å². The van der Waals surface area contributed by atoms with Gasteiger partial charge in [0.25, 0.3) is 0 Å². The minimum atomic E-state index is 0.392. The molecule has 0 fully saturated rings. The molecule has 0 amide bonds. The van der Waals surface area contributed by atoms with E-state index in [9.17, 15) is 0 Å². The summed E-state index contributed by atoms with van der Waals surface area (Å²) < 4.78 is 5.98. The van der Waals surface area contributed by atoms with Crippen LogP contribution in [-0.4, -0.2) is 13.7 Å². The van der Waals surface area contributed by atoms with Crippen molar-refractivity contribution in [2.24, 2.45) is 5.41 Å². The van der Waals surface area contributed by atoms with Crippen molar-refractivity contribution in [3.63, 3.8) is 0 Å². The summed E-state index contributed by atoms with van der Waals surface area (Å²) >= 11 is 0. The second kappa shape index (κ2) is 6.79. The predicted molar refractivity (Wildman–Crippen MR) is 78.1 cm³/mol. The first-order chi connectivity index (χ1) is 8.44. The number of para-hydroxylation sites is 1. The molecule has 102 valence electrons. The molecule has 1 N–H and O–H groups in total. The summed E-state index contributed by atoms with van der Waals surface area (Å²) in [6.07, 6.45) is 2.30. The van der Waals surface area contributed by atoms with E-state index in [1.54, 1.807) is 0 Å². The zero-order valence-electron chi connectivity index (χ0n) is 12.5. The Morgan fingerprint density at radius 2 is 1.94 bits per heavy atom. The maximum atomic E-state index is 5.98. The van der Waals surface area contributed by atoms with E-state index in [1.807, 2.05) is 7.05 Å². The van der Waals surface area contributed by atoms with Crippen LogP contribution in [0.4, 0.5) is 0 Å². The van der Waals surface area contributed by atoms with Crippen LogP contribution in [0.3, 0.4) is 0 Å². The van der Waals surface area contributed by atoms with Crippen molar-refractivity contribution < 1.29 is 4.74 Å². The van der Waals surface area contributed by atoms with E-state index in [-0.39, 0.29) is 0 Å². The van der Waals surface area contributed by atoms with Gasteiger partial charge in [0.15, 0.2) is 0 Å². The van der Waals surface area contributed by atoms with Gasteiger partial charge >= 0.3 is 0 Å². The third-order valence-corrected chi connectivity index (χ3v) is 2.98. The van der Waals surface area contributed by atoms with Crippen LogP contribution in [0.15, 0.2) is 18.2 Å². The molecule has 2 heteroatoms. The predicted octanol–water partition coefficient (Wildman–Crippen LogP) is 3.92. The van der Waals surface area contributed by atoms with Gasteiger partial charge in [-0.3, -0.25) is 0 Å². The van der Waals surface area contributed by atoms with Crippen molar-refractivity contribution in [1.82, 2.24) is 5.32 Å². The average molecular weight is 249 g/mol. The molecular weight excluding hydrogens is 222 g/mol. The van der Waals surface area contributed by atoms with E-state index in [0.29, 0.717) is 5.41 Å². The Labute approximate surface area is 112 Å². The van der Waals surface area contributed by atoms with Crippen LogP contribution in [-0.2, 0) is 6.54 Å². The average Bonchev–Trinajstić information content (AvgIpc) is 2.26. The summed E-state index contributed by atoms with van der Waals surface area (Å²) in [5.74, 6) is 1.06. The van der Waals surface area contributed by atoms with Gasteiger partial charge in [-0.1, -0.05) is 39.0 Å². The normalized spacial score (nSPS) is 11.6. The summed E-state index contributed by atoms with van der Waals surface area (Å²) in [6, 6.07) is 6.32. The Balaban J connectivity index is 2.55. The highest BCUT2D eigenvalue weighted by molar-refractivity contribution is 5.40. The SMILES string of the molecule is CNCc1cccc(C)c1OCCCC(C)(C)C. The summed E-state index contributed by atoms with van der Waals surface area (Å²) in [5, 5.41) is 3.19. The molecular formula is C16H27NO. The zero-order valence-corrected chi connectivity index (χ0v) is 12.5. The maximum Gasteiger partial charge on any atom is 0.126 e. The van der Waals surface area contributed by atoms with Crippen molar-refractivity contribution in [3.8, 4) is 5.75 Å². The second-order valence-corrected chi connectivity index (χ2v) is 6.11. The number of benzene rings is 1. The molecule has 0 aliphatic carbocycles. The summed E-state index contributed by atoms with van der Waals surface area (Å²) in [4.78, 5) is 0. The molecule has 0 unspecified atom stereocenters. The number of rotatable bonds is 6. The second-order valence-electron chi connectivity index (χ2n) is 6.11. The smallest absolute Gasteiger partial charge is 0.126 e. The lowest BCUT2D eigenvalue weighted by Crippen LogP contribution is -2.11. The number of ether oxygens (including phenoxy) is 1. The van der Waals surface area contributed by atoms with Crippen molar-refractivity contribution >= 4 is 0 Å². The van der Waals surface area contributed by atoms with Crippen molar-refractivity contribution in [1.29, 1.82) is 0 Å². The first-order valence-electron chi connectivity index (χ1n) is 6.80. The van der Waals surface area contributed by atoms with Gasteiger partial charge in [0, 0.05) is 12.1 Å². The first kappa shape index (κ1) is 15.0. The Kier molecular flexibility index (Phi) is 5.67. The highest BCUT2D eigenvalue weighted by atomic mass is 16.5. The van der Waals surface area contributed by atoms with Gasteiger partial charge in [-0.2, -0.15) is 0 Å². The van der Waals surface area contributed by atoms with Crippen LogP contribution < -0.4 is 10.1 Å². The number of aryl methyl sites for hydroxylation is 1. The van der Waals surface area contributed by atoms with Gasteiger partial charge < -0.3 is 10.1 Å². The molecule has 0 bridgehead atoms. The van der Waals surface area contributed by atoms with Crippen molar-refractivity contribution in [3.05, 3.63) is 29.3 Å². The molecule has 1 aromatic carbocycles.